The van der Waals surface area contributed by atoms with Crippen molar-refractivity contribution in [3.05, 3.63) is 40.1 Å². The first-order valence-electron chi connectivity index (χ1n) is 10.3. The molecule has 1 aliphatic rings. The van der Waals surface area contributed by atoms with E-state index >= 15 is 0 Å². The minimum absolute atomic E-state index is 0.279. The van der Waals surface area contributed by atoms with Crippen LogP contribution in [0.1, 0.15) is 22.7 Å². The quantitative estimate of drug-likeness (QED) is 0.491. The van der Waals surface area contributed by atoms with Crippen LogP contribution < -0.4 is 20.1 Å². The summed E-state index contributed by atoms with van der Waals surface area (Å²) in [5.74, 6) is 2.14. The number of anilines is 1. The van der Waals surface area contributed by atoms with Crippen LogP contribution in [0, 0.1) is 6.92 Å². The number of aliphatic imine (C=N–C) groups is 1. The van der Waals surface area contributed by atoms with Gasteiger partial charge in [-0.05, 0) is 38.1 Å². The van der Waals surface area contributed by atoms with E-state index in [0.717, 1.165) is 44.3 Å². The van der Waals surface area contributed by atoms with E-state index in [1.54, 1.807) is 14.2 Å². The summed E-state index contributed by atoms with van der Waals surface area (Å²) >= 11 is 1.85. The summed E-state index contributed by atoms with van der Waals surface area (Å²) < 4.78 is 16.6. The molecule has 1 aromatic carbocycles. The Morgan fingerprint density at radius 2 is 2.03 bits per heavy atom. The predicted molar refractivity (Wildman–Crippen MR) is 123 cm³/mol. The van der Waals surface area contributed by atoms with Gasteiger partial charge in [0.05, 0.1) is 33.0 Å². The lowest BCUT2D eigenvalue weighted by Crippen LogP contribution is -2.44. The van der Waals surface area contributed by atoms with Crippen LogP contribution in [0.5, 0.6) is 11.5 Å². The molecule has 8 heteroatoms. The number of benzene rings is 1. The van der Waals surface area contributed by atoms with Crippen LogP contribution >= 0.6 is 11.3 Å². The van der Waals surface area contributed by atoms with Gasteiger partial charge in [0, 0.05) is 48.2 Å². The topological polar surface area (TPSA) is 67.4 Å². The summed E-state index contributed by atoms with van der Waals surface area (Å²) in [5.41, 5.74) is 0.887. The van der Waals surface area contributed by atoms with E-state index in [9.17, 15) is 0 Å². The van der Waals surface area contributed by atoms with Crippen LogP contribution in [-0.4, -0.2) is 64.5 Å². The van der Waals surface area contributed by atoms with Crippen molar-refractivity contribution in [2.45, 2.75) is 19.9 Å². The fraction of sp³-hybridized carbons (Fsp3) is 0.500. The summed E-state index contributed by atoms with van der Waals surface area (Å²) in [6.45, 7) is 8.89. The number of rotatable bonds is 8. The van der Waals surface area contributed by atoms with Gasteiger partial charge in [-0.3, -0.25) is 9.89 Å². The molecule has 1 unspecified atom stereocenters. The third-order valence-corrected chi connectivity index (χ3v) is 6.09. The van der Waals surface area contributed by atoms with Crippen molar-refractivity contribution < 1.29 is 14.2 Å². The minimum atomic E-state index is 0.279. The Labute approximate surface area is 183 Å². The molecule has 164 valence electrons. The second kappa shape index (κ2) is 11.2. The molecule has 2 aromatic rings. The Bertz CT molecular complexity index is 834. The highest BCUT2D eigenvalue weighted by Gasteiger charge is 2.24. The van der Waals surface area contributed by atoms with Gasteiger partial charge in [-0.2, -0.15) is 0 Å². The van der Waals surface area contributed by atoms with Crippen molar-refractivity contribution in [1.82, 2.24) is 10.2 Å². The smallest absolute Gasteiger partial charge is 0.195 e. The van der Waals surface area contributed by atoms with Crippen LogP contribution in [0.25, 0.3) is 0 Å². The van der Waals surface area contributed by atoms with Gasteiger partial charge in [0.25, 0.3) is 0 Å². The summed E-state index contributed by atoms with van der Waals surface area (Å²) in [6, 6.07) is 10.5. The van der Waals surface area contributed by atoms with Gasteiger partial charge < -0.3 is 24.8 Å². The Morgan fingerprint density at radius 1 is 1.23 bits per heavy atom. The molecule has 0 saturated carbocycles. The SMILES string of the molecule is CCOc1ccc(NC(=NC)NCC(c2ccc(C)s2)N2CCOCC2)cc1OC. The maximum absolute atomic E-state index is 5.60. The zero-order valence-corrected chi connectivity index (χ0v) is 19.1. The van der Waals surface area contributed by atoms with E-state index in [0.29, 0.717) is 18.3 Å². The van der Waals surface area contributed by atoms with E-state index in [1.807, 2.05) is 36.5 Å². The number of methoxy groups -OCH3 is 1. The van der Waals surface area contributed by atoms with Crippen molar-refractivity contribution >= 4 is 23.0 Å². The van der Waals surface area contributed by atoms with Crippen LogP contribution in [0.15, 0.2) is 35.3 Å². The number of nitrogens with zero attached hydrogens (tertiary/aromatic N) is 2. The van der Waals surface area contributed by atoms with Gasteiger partial charge in [-0.25, -0.2) is 0 Å². The molecule has 2 N–H and O–H groups in total. The lowest BCUT2D eigenvalue weighted by Gasteiger charge is -2.34. The lowest BCUT2D eigenvalue weighted by atomic mass is 10.2. The molecule has 1 aliphatic heterocycles. The number of guanidine groups is 1. The van der Waals surface area contributed by atoms with Crippen LogP contribution in [-0.2, 0) is 4.74 Å². The summed E-state index contributed by atoms with van der Waals surface area (Å²) in [6.07, 6.45) is 0. The van der Waals surface area contributed by atoms with E-state index in [-0.39, 0.29) is 6.04 Å². The summed E-state index contributed by atoms with van der Waals surface area (Å²) in [4.78, 5) is 9.56. The molecule has 0 aliphatic carbocycles. The average molecular weight is 433 g/mol. The van der Waals surface area contributed by atoms with Crippen molar-refractivity contribution in [3.8, 4) is 11.5 Å². The first-order chi connectivity index (χ1) is 14.6. The largest absolute Gasteiger partial charge is 0.493 e. The average Bonchev–Trinajstić information content (AvgIpc) is 3.20. The molecule has 1 atom stereocenters. The van der Waals surface area contributed by atoms with Gasteiger partial charge in [-0.15, -0.1) is 11.3 Å². The highest BCUT2D eigenvalue weighted by atomic mass is 32.1. The molecule has 0 spiro atoms. The molecule has 0 amide bonds. The van der Waals surface area contributed by atoms with E-state index in [4.69, 9.17) is 14.2 Å². The number of nitrogens with one attached hydrogen (secondary N) is 2. The number of thiophene rings is 1. The van der Waals surface area contributed by atoms with Gasteiger partial charge in [0.15, 0.2) is 17.5 Å². The Morgan fingerprint density at radius 3 is 2.67 bits per heavy atom. The van der Waals surface area contributed by atoms with Crippen molar-refractivity contribution in [1.29, 1.82) is 0 Å². The molecule has 2 heterocycles. The Kier molecular flexibility index (Phi) is 8.36. The van der Waals surface area contributed by atoms with Gasteiger partial charge >= 0.3 is 0 Å². The van der Waals surface area contributed by atoms with Crippen LogP contribution in [0.4, 0.5) is 5.69 Å². The van der Waals surface area contributed by atoms with Gasteiger partial charge in [0.2, 0.25) is 0 Å². The number of hydrogen-bond acceptors (Lipinski definition) is 6. The monoisotopic (exact) mass is 432 g/mol. The first-order valence-corrected chi connectivity index (χ1v) is 11.1. The van der Waals surface area contributed by atoms with E-state index in [1.165, 1.54) is 9.75 Å². The van der Waals surface area contributed by atoms with Gasteiger partial charge in [-0.1, -0.05) is 0 Å². The highest BCUT2D eigenvalue weighted by Crippen LogP contribution is 2.30. The number of aryl methyl sites for hydroxylation is 1. The molecule has 7 nitrogen and oxygen atoms in total. The third-order valence-electron chi connectivity index (χ3n) is 4.99. The van der Waals surface area contributed by atoms with Crippen LogP contribution in [0.2, 0.25) is 0 Å². The zero-order valence-electron chi connectivity index (χ0n) is 18.2. The Balaban J connectivity index is 1.68. The normalized spacial score (nSPS) is 16.2. The molecule has 1 fully saturated rings. The van der Waals surface area contributed by atoms with Crippen molar-refractivity contribution in [3.63, 3.8) is 0 Å². The van der Waals surface area contributed by atoms with Gasteiger partial charge in [0.1, 0.15) is 0 Å². The molecule has 1 aromatic heterocycles. The van der Waals surface area contributed by atoms with Crippen LogP contribution in [0.3, 0.4) is 0 Å². The number of morpholine rings is 1. The minimum Gasteiger partial charge on any atom is -0.493 e. The molecule has 1 saturated heterocycles. The van der Waals surface area contributed by atoms with E-state index in [2.05, 4.69) is 39.6 Å². The molecule has 0 bridgehead atoms. The Hall–Kier alpha value is -2.29. The maximum atomic E-state index is 5.60. The number of ether oxygens (including phenoxy) is 3. The summed E-state index contributed by atoms with van der Waals surface area (Å²) in [7, 11) is 3.42. The zero-order chi connectivity index (χ0) is 21.3. The second-order valence-corrected chi connectivity index (χ2v) is 8.31. The third kappa shape index (κ3) is 5.87. The fourth-order valence-corrected chi connectivity index (χ4v) is 4.47. The second-order valence-electron chi connectivity index (χ2n) is 6.99. The molecule has 3 rings (SSSR count). The molecular weight excluding hydrogens is 400 g/mol. The maximum Gasteiger partial charge on any atom is 0.195 e. The van der Waals surface area contributed by atoms with E-state index < -0.39 is 0 Å². The number of hydrogen-bond donors (Lipinski definition) is 2. The van der Waals surface area contributed by atoms with Crippen molar-refractivity contribution in [2.75, 3.05) is 58.9 Å². The molecular formula is C22H32N4O3S. The molecule has 30 heavy (non-hydrogen) atoms. The first kappa shape index (κ1) is 22.4. The highest BCUT2D eigenvalue weighted by molar-refractivity contribution is 7.12. The standard InChI is InChI=1S/C22H32N4O3S/c1-5-29-19-8-7-17(14-20(19)27-4)25-22(23-3)24-15-18(21-9-6-16(2)30-21)26-10-12-28-13-11-26/h6-9,14,18H,5,10-13,15H2,1-4H3,(H2,23,24,25). The fourth-order valence-electron chi connectivity index (χ4n) is 3.46. The lowest BCUT2D eigenvalue weighted by molar-refractivity contribution is 0.0177. The predicted octanol–water partition coefficient (Wildman–Crippen LogP) is 3.52. The van der Waals surface area contributed by atoms with Crippen molar-refractivity contribution in [2.24, 2.45) is 4.99 Å². The summed E-state index contributed by atoms with van der Waals surface area (Å²) in [5, 5.41) is 6.84. The molecule has 0 radical (unpaired) electrons.